The zero-order chi connectivity index (χ0) is 9.94. The Morgan fingerprint density at radius 2 is 1.77 bits per heavy atom. The third-order valence-electron chi connectivity index (χ3n) is 2.36. The fraction of sp³-hybridized carbons (Fsp3) is 1.00. The van der Waals surface area contributed by atoms with Crippen LogP contribution in [0.25, 0.3) is 0 Å². The van der Waals surface area contributed by atoms with Crippen LogP contribution >= 0.6 is 0 Å². The minimum absolute atomic E-state index is 0.664. The Morgan fingerprint density at radius 1 is 1.00 bits per heavy atom. The van der Waals surface area contributed by atoms with Gasteiger partial charge in [0.2, 0.25) is 0 Å². The summed E-state index contributed by atoms with van der Waals surface area (Å²) in [5, 5.41) is 6.90. The summed E-state index contributed by atoms with van der Waals surface area (Å²) in [7, 11) is 0. The molecule has 0 bridgehead atoms. The Kier molecular flexibility index (Phi) is 9.94. The second-order valence-corrected chi connectivity index (χ2v) is 3.72. The molecule has 0 heterocycles. The van der Waals surface area contributed by atoms with E-state index < -0.39 is 0 Å². The molecule has 0 aliphatic rings. The highest BCUT2D eigenvalue weighted by Crippen LogP contribution is 1.90. The zero-order valence-corrected chi connectivity index (χ0v) is 9.53. The SMILES string of the molecule is CCCCCNCCNC(C)CC. The molecule has 0 aromatic heterocycles. The van der Waals surface area contributed by atoms with E-state index in [9.17, 15) is 0 Å². The molecule has 0 radical (unpaired) electrons. The summed E-state index contributed by atoms with van der Waals surface area (Å²) in [5.74, 6) is 0. The number of hydrogen-bond acceptors (Lipinski definition) is 2. The van der Waals surface area contributed by atoms with Crippen LogP contribution in [0.1, 0.15) is 46.5 Å². The van der Waals surface area contributed by atoms with E-state index >= 15 is 0 Å². The molecule has 0 fully saturated rings. The van der Waals surface area contributed by atoms with Crippen molar-refractivity contribution < 1.29 is 0 Å². The van der Waals surface area contributed by atoms with Crippen LogP contribution in [-0.4, -0.2) is 25.7 Å². The highest BCUT2D eigenvalue weighted by atomic mass is 15.0. The Bertz CT molecular complexity index is 94.1. The van der Waals surface area contributed by atoms with Gasteiger partial charge in [-0.15, -0.1) is 0 Å². The first-order chi connectivity index (χ1) is 6.31. The van der Waals surface area contributed by atoms with E-state index in [1.165, 1.54) is 32.2 Å². The summed E-state index contributed by atoms with van der Waals surface area (Å²) in [4.78, 5) is 0. The van der Waals surface area contributed by atoms with Crippen LogP contribution < -0.4 is 10.6 Å². The van der Waals surface area contributed by atoms with E-state index in [0.29, 0.717) is 6.04 Å². The van der Waals surface area contributed by atoms with Crippen molar-refractivity contribution in [2.75, 3.05) is 19.6 Å². The first-order valence-corrected chi connectivity index (χ1v) is 5.75. The first kappa shape index (κ1) is 12.9. The standard InChI is InChI=1S/C11H26N2/c1-4-6-7-8-12-9-10-13-11(3)5-2/h11-13H,4-10H2,1-3H3. The van der Waals surface area contributed by atoms with Crippen LogP contribution in [0.3, 0.4) is 0 Å². The van der Waals surface area contributed by atoms with Gasteiger partial charge in [0.05, 0.1) is 0 Å². The molecule has 1 atom stereocenters. The van der Waals surface area contributed by atoms with Crippen LogP contribution in [0, 0.1) is 0 Å². The third kappa shape index (κ3) is 9.84. The first-order valence-electron chi connectivity index (χ1n) is 5.75. The van der Waals surface area contributed by atoms with Gasteiger partial charge < -0.3 is 10.6 Å². The molecular weight excluding hydrogens is 160 g/mol. The summed E-state index contributed by atoms with van der Waals surface area (Å²) in [6.07, 6.45) is 5.20. The molecule has 13 heavy (non-hydrogen) atoms. The predicted molar refractivity (Wildman–Crippen MR) is 60.2 cm³/mol. The zero-order valence-electron chi connectivity index (χ0n) is 9.53. The summed E-state index contributed by atoms with van der Waals surface area (Å²) in [6, 6.07) is 0.664. The van der Waals surface area contributed by atoms with Gasteiger partial charge in [-0.05, 0) is 26.3 Å². The number of rotatable bonds is 9. The van der Waals surface area contributed by atoms with Crippen LogP contribution in [-0.2, 0) is 0 Å². The lowest BCUT2D eigenvalue weighted by Crippen LogP contribution is -2.33. The average molecular weight is 186 g/mol. The van der Waals surface area contributed by atoms with Crippen molar-refractivity contribution in [2.24, 2.45) is 0 Å². The molecule has 0 rings (SSSR count). The van der Waals surface area contributed by atoms with E-state index in [1.807, 2.05) is 0 Å². The molecule has 1 unspecified atom stereocenters. The van der Waals surface area contributed by atoms with E-state index in [1.54, 1.807) is 0 Å². The molecule has 2 heteroatoms. The quantitative estimate of drug-likeness (QED) is 0.539. The molecule has 0 amide bonds. The molecule has 2 nitrogen and oxygen atoms in total. The molecule has 0 saturated heterocycles. The minimum Gasteiger partial charge on any atom is -0.315 e. The van der Waals surface area contributed by atoms with Crippen molar-refractivity contribution in [3.8, 4) is 0 Å². The maximum atomic E-state index is 3.46. The molecule has 2 N–H and O–H groups in total. The Labute approximate surface area is 83.5 Å². The van der Waals surface area contributed by atoms with Crippen molar-refractivity contribution in [3.05, 3.63) is 0 Å². The highest BCUT2D eigenvalue weighted by molar-refractivity contribution is 4.58. The molecular formula is C11H26N2. The van der Waals surface area contributed by atoms with Crippen LogP contribution in [0.5, 0.6) is 0 Å². The topological polar surface area (TPSA) is 24.1 Å². The molecule has 80 valence electrons. The van der Waals surface area contributed by atoms with Gasteiger partial charge in [0, 0.05) is 19.1 Å². The van der Waals surface area contributed by atoms with Crippen molar-refractivity contribution in [1.82, 2.24) is 10.6 Å². The largest absolute Gasteiger partial charge is 0.315 e. The summed E-state index contributed by atoms with van der Waals surface area (Å²) >= 11 is 0. The average Bonchev–Trinajstić information content (AvgIpc) is 2.16. The Hall–Kier alpha value is -0.0800. The minimum atomic E-state index is 0.664. The van der Waals surface area contributed by atoms with Crippen LogP contribution in [0.15, 0.2) is 0 Å². The molecule has 0 aromatic rings. The molecule has 0 aliphatic heterocycles. The lowest BCUT2D eigenvalue weighted by molar-refractivity contribution is 0.512. The highest BCUT2D eigenvalue weighted by Gasteiger charge is 1.94. The molecule has 0 spiro atoms. The van der Waals surface area contributed by atoms with E-state index in [0.717, 1.165) is 13.1 Å². The van der Waals surface area contributed by atoms with Crippen molar-refractivity contribution in [2.45, 2.75) is 52.5 Å². The van der Waals surface area contributed by atoms with Gasteiger partial charge >= 0.3 is 0 Å². The third-order valence-corrected chi connectivity index (χ3v) is 2.36. The Morgan fingerprint density at radius 3 is 2.38 bits per heavy atom. The van der Waals surface area contributed by atoms with Crippen molar-refractivity contribution in [3.63, 3.8) is 0 Å². The predicted octanol–water partition coefficient (Wildman–Crippen LogP) is 2.15. The fourth-order valence-corrected chi connectivity index (χ4v) is 1.18. The maximum Gasteiger partial charge on any atom is 0.00792 e. The second kappa shape index (κ2) is 10.0. The molecule has 0 aliphatic carbocycles. The lowest BCUT2D eigenvalue weighted by Gasteiger charge is -2.11. The smallest absolute Gasteiger partial charge is 0.00792 e. The number of nitrogens with one attached hydrogen (secondary N) is 2. The maximum absolute atomic E-state index is 3.46. The second-order valence-electron chi connectivity index (χ2n) is 3.72. The monoisotopic (exact) mass is 186 g/mol. The van der Waals surface area contributed by atoms with Gasteiger partial charge in [0.25, 0.3) is 0 Å². The number of hydrogen-bond donors (Lipinski definition) is 2. The van der Waals surface area contributed by atoms with Gasteiger partial charge in [-0.1, -0.05) is 26.7 Å². The summed E-state index contributed by atoms with van der Waals surface area (Å²) < 4.78 is 0. The van der Waals surface area contributed by atoms with Gasteiger partial charge in [-0.3, -0.25) is 0 Å². The van der Waals surface area contributed by atoms with Gasteiger partial charge in [-0.25, -0.2) is 0 Å². The van der Waals surface area contributed by atoms with Crippen molar-refractivity contribution in [1.29, 1.82) is 0 Å². The molecule has 0 aromatic carbocycles. The fourth-order valence-electron chi connectivity index (χ4n) is 1.18. The Balaban J connectivity index is 2.91. The van der Waals surface area contributed by atoms with Gasteiger partial charge in [-0.2, -0.15) is 0 Å². The lowest BCUT2D eigenvalue weighted by atomic mass is 10.2. The van der Waals surface area contributed by atoms with E-state index in [2.05, 4.69) is 31.4 Å². The van der Waals surface area contributed by atoms with Gasteiger partial charge in [0.1, 0.15) is 0 Å². The van der Waals surface area contributed by atoms with E-state index in [-0.39, 0.29) is 0 Å². The number of unbranched alkanes of at least 4 members (excludes halogenated alkanes) is 2. The normalized spacial score (nSPS) is 13.2. The van der Waals surface area contributed by atoms with Crippen LogP contribution in [0.4, 0.5) is 0 Å². The van der Waals surface area contributed by atoms with Gasteiger partial charge in [0.15, 0.2) is 0 Å². The molecule has 0 saturated carbocycles. The summed E-state index contributed by atoms with van der Waals surface area (Å²) in [6.45, 7) is 10.1. The van der Waals surface area contributed by atoms with Crippen LogP contribution in [0.2, 0.25) is 0 Å². The van der Waals surface area contributed by atoms with E-state index in [4.69, 9.17) is 0 Å². The summed E-state index contributed by atoms with van der Waals surface area (Å²) in [5.41, 5.74) is 0. The van der Waals surface area contributed by atoms with Crippen molar-refractivity contribution >= 4 is 0 Å².